The van der Waals surface area contributed by atoms with Crippen molar-refractivity contribution in [1.82, 2.24) is 0 Å². The standard InChI is InChI=1S/C24H37NO3S/c1-16(11-13-29(4,25)28)21-9-10-22-18(6-5-12-24(21,22)3)7-8-19-14-20(26)15-23(27)17(19)2/h7-9,16,20,22-23,25-27H,2,5-6,10-15H2,1,3-4H3/b18-7+,19-8-/t16-,20-,22+,23+,24-,29?/m1/s1. The minimum atomic E-state index is -2.44. The summed E-state index contributed by atoms with van der Waals surface area (Å²) in [6.45, 7) is 8.62. The van der Waals surface area contributed by atoms with Gasteiger partial charge in [0.05, 0.1) is 12.2 Å². The minimum absolute atomic E-state index is 0.140. The normalized spacial score (nSPS) is 38.6. The molecule has 5 heteroatoms. The first-order valence-corrected chi connectivity index (χ1v) is 13.0. The van der Waals surface area contributed by atoms with Crippen LogP contribution in [0.2, 0.25) is 0 Å². The molecule has 0 aromatic carbocycles. The number of allylic oxidation sites excluding steroid dienone is 5. The maximum absolute atomic E-state index is 11.8. The minimum Gasteiger partial charge on any atom is -0.393 e. The molecule has 0 bridgehead atoms. The van der Waals surface area contributed by atoms with Crippen molar-refractivity contribution in [3.8, 4) is 0 Å². The van der Waals surface area contributed by atoms with E-state index in [4.69, 9.17) is 4.78 Å². The van der Waals surface area contributed by atoms with Crippen molar-refractivity contribution in [3.05, 3.63) is 47.1 Å². The average Bonchev–Trinajstić information content (AvgIpc) is 2.98. The molecule has 29 heavy (non-hydrogen) atoms. The SMILES string of the molecule is C=C1/C(=C\C=C2/CCC[C@]3(C)C([C@H](C)CCS(C)(=N)=O)=CC[C@@H]23)C[C@@H](O)C[C@@H]1O. The van der Waals surface area contributed by atoms with Crippen LogP contribution in [0.1, 0.15) is 58.8 Å². The quantitative estimate of drug-likeness (QED) is 0.563. The fourth-order valence-corrected chi connectivity index (χ4v) is 6.44. The molecule has 3 rings (SSSR count). The van der Waals surface area contributed by atoms with Crippen molar-refractivity contribution >= 4 is 9.73 Å². The van der Waals surface area contributed by atoms with E-state index in [1.165, 1.54) is 23.8 Å². The number of aliphatic hydroxyl groups excluding tert-OH is 2. The van der Waals surface area contributed by atoms with Crippen LogP contribution < -0.4 is 0 Å². The summed E-state index contributed by atoms with van der Waals surface area (Å²) in [4.78, 5) is 0. The van der Waals surface area contributed by atoms with Gasteiger partial charge in [0.1, 0.15) is 0 Å². The molecule has 2 saturated carbocycles. The lowest BCUT2D eigenvalue weighted by Crippen LogP contribution is -2.33. The van der Waals surface area contributed by atoms with E-state index in [1.807, 2.05) is 0 Å². The molecule has 0 aromatic rings. The van der Waals surface area contributed by atoms with Gasteiger partial charge >= 0.3 is 0 Å². The van der Waals surface area contributed by atoms with E-state index < -0.39 is 21.9 Å². The van der Waals surface area contributed by atoms with E-state index in [1.54, 1.807) is 0 Å². The zero-order chi connectivity index (χ0) is 21.4. The maximum Gasteiger partial charge on any atom is 0.0811 e. The van der Waals surface area contributed by atoms with Gasteiger partial charge in [-0.15, -0.1) is 0 Å². The Hall–Kier alpha value is -1.17. The molecular weight excluding hydrogens is 382 g/mol. The number of fused-ring (bicyclic) bond motifs is 1. The monoisotopic (exact) mass is 419 g/mol. The highest BCUT2D eigenvalue weighted by molar-refractivity contribution is 7.91. The van der Waals surface area contributed by atoms with Crippen molar-refractivity contribution in [2.75, 3.05) is 12.0 Å². The molecule has 0 aromatic heterocycles. The fraction of sp³-hybridized carbons (Fsp3) is 0.667. The van der Waals surface area contributed by atoms with Crippen molar-refractivity contribution in [2.45, 2.75) is 71.0 Å². The van der Waals surface area contributed by atoms with Crippen LogP contribution in [0, 0.1) is 22.0 Å². The predicted octanol–water partition coefficient (Wildman–Crippen LogP) is 4.75. The molecule has 3 aliphatic carbocycles. The third kappa shape index (κ3) is 4.95. The van der Waals surface area contributed by atoms with Gasteiger partial charge in [0.2, 0.25) is 0 Å². The lowest BCUT2D eigenvalue weighted by atomic mass is 9.62. The van der Waals surface area contributed by atoms with E-state index in [0.717, 1.165) is 36.8 Å². The van der Waals surface area contributed by atoms with Gasteiger partial charge in [0, 0.05) is 28.2 Å². The summed E-state index contributed by atoms with van der Waals surface area (Å²) in [5.74, 6) is 1.31. The molecule has 0 saturated heterocycles. The number of rotatable bonds is 5. The van der Waals surface area contributed by atoms with Gasteiger partial charge in [-0.1, -0.05) is 49.8 Å². The molecule has 0 radical (unpaired) electrons. The highest BCUT2D eigenvalue weighted by Gasteiger charge is 2.45. The van der Waals surface area contributed by atoms with E-state index in [9.17, 15) is 14.4 Å². The van der Waals surface area contributed by atoms with Gasteiger partial charge in [0.25, 0.3) is 0 Å². The Kier molecular flexibility index (Phi) is 6.62. The second kappa shape index (κ2) is 8.52. The van der Waals surface area contributed by atoms with Crippen LogP contribution in [0.4, 0.5) is 0 Å². The summed E-state index contributed by atoms with van der Waals surface area (Å²) in [7, 11) is -2.44. The number of hydrogen-bond acceptors (Lipinski definition) is 4. The second-order valence-electron chi connectivity index (χ2n) is 9.69. The first-order valence-electron chi connectivity index (χ1n) is 10.9. The van der Waals surface area contributed by atoms with Crippen molar-refractivity contribution in [2.24, 2.45) is 17.3 Å². The van der Waals surface area contributed by atoms with Crippen LogP contribution in [0.25, 0.3) is 0 Å². The molecule has 0 heterocycles. The lowest BCUT2D eigenvalue weighted by Gasteiger charge is -2.42. The van der Waals surface area contributed by atoms with Crippen molar-refractivity contribution in [1.29, 1.82) is 4.78 Å². The van der Waals surface area contributed by atoms with Gasteiger partial charge in [-0.05, 0) is 66.9 Å². The lowest BCUT2D eigenvalue weighted by molar-refractivity contribution is 0.0862. The number of hydrogen-bond donors (Lipinski definition) is 3. The Bertz CT molecular complexity index is 851. The van der Waals surface area contributed by atoms with Crippen LogP contribution in [-0.2, 0) is 9.73 Å². The molecule has 0 spiro atoms. The zero-order valence-corrected chi connectivity index (χ0v) is 18.9. The van der Waals surface area contributed by atoms with E-state index in [-0.39, 0.29) is 5.41 Å². The van der Waals surface area contributed by atoms with E-state index in [0.29, 0.717) is 30.4 Å². The highest BCUT2D eigenvalue weighted by atomic mass is 32.2. The van der Waals surface area contributed by atoms with Gasteiger partial charge < -0.3 is 10.2 Å². The topological polar surface area (TPSA) is 81.4 Å². The molecule has 3 N–H and O–H groups in total. The molecular formula is C24H37NO3S. The zero-order valence-electron chi connectivity index (χ0n) is 18.1. The Morgan fingerprint density at radius 2 is 2.14 bits per heavy atom. The summed E-state index contributed by atoms with van der Waals surface area (Å²) >= 11 is 0. The van der Waals surface area contributed by atoms with Gasteiger partial charge in [-0.3, -0.25) is 8.99 Å². The first-order chi connectivity index (χ1) is 13.5. The molecule has 0 aliphatic heterocycles. The smallest absolute Gasteiger partial charge is 0.0811 e. The number of nitrogens with one attached hydrogen (secondary N) is 1. The highest BCUT2D eigenvalue weighted by Crippen LogP contribution is 2.56. The maximum atomic E-state index is 11.8. The summed E-state index contributed by atoms with van der Waals surface area (Å²) < 4.78 is 19.5. The van der Waals surface area contributed by atoms with Crippen LogP contribution in [0.15, 0.2) is 47.1 Å². The summed E-state index contributed by atoms with van der Waals surface area (Å²) in [5, 5.41) is 20.1. The Morgan fingerprint density at radius 3 is 2.83 bits per heavy atom. The van der Waals surface area contributed by atoms with Crippen LogP contribution >= 0.6 is 0 Å². The molecule has 6 atom stereocenters. The van der Waals surface area contributed by atoms with Crippen LogP contribution in [-0.4, -0.2) is 38.6 Å². The summed E-state index contributed by atoms with van der Waals surface area (Å²) in [6.07, 6.45) is 13.3. The van der Waals surface area contributed by atoms with Crippen LogP contribution in [0.3, 0.4) is 0 Å². The molecule has 0 amide bonds. The fourth-order valence-electron chi connectivity index (χ4n) is 5.64. The van der Waals surface area contributed by atoms with Crippen LogP contribution in [0.5, 0.6) is 0 Å². The Labute approximate surface area is 176 Å². The van der Waals surface area contributed by atoms with E-state index >= 15 is 0 Å². The Morgan fingerprint density at radius 1 is 1.41 bits per heavy atom. The van der Waals surface area contributed by atoms with Crippen molar-refractivity contribution < 1.29 is 14.4 Å². The van der Waals surface area contributed by atoms with Gasteiger partial charge in [-0.2, -0.15) is 0 Å². The van der Waals surface area contributed by atoms with Gasteiger partial charge in [-0.25, -0.2) is 0 Å². The second-order valence-corrected chi connectivity index (χ2v) is 12.1. The molecule has 1 unspecified atom stereocenters. The first kappa shape index (κ1) is 22.5. The van der Waals surface area contributed by atoms with Crippen molar-refractivity contribution in [3.63, 3.8) is 0 Å². The Balaban J connectivity index is 1.77. The molecule has 2 fully saturated rings. The largest absolute Gasteiger partial charge is 0.393 e. The third-order valence-corrected chi connectivity index (χ3v) is 8.36. The molecule has 3 aliphatic rings. The number of aliphatic hydroxyl groups is 2. The third-order valence-electron chi connectivity index (χ3n) is 7.35. The summed E-state index contributed by atoms with van der Waals surface area (Å²) in [6, 6.07) is 0. The summed E-state index contributed by atoms with van der Waals surface area (Å²) in [5.41, 5.74) is 4.78. The molecule has 162 valence electrons. The molecule has 4 nitrogen and oxygen atoms in total. The van der Waals surface area contributed by atoms with E-state index in [2.05, 4.69) is 38.7 Å². The van der Waals surface area contributed by atoms with Gasteiger partial charge in [0.15, 0.2) is 0 Å². The average molecular weight is 420 g/mol. The predicted molar refractivity (Wildman–Crippen MR) is 120 cm³/mol.